The zero-order valence-electron chi connectivity index (χ0n) is 13.9. The zero-order valence-corrected chi connectivity index (χ0v) is 13.9. The Bertz CT molecular complexity index is 235. The molecule has 0 aliphatic rings. The minimum absolute atomic E-state index is 0.249. The summed E-state index contributed by atoms with van der Waals surface area (Å²) in [7, 11) is 0. The Balaban J connectivity index is 3.11. The summed E-state index contributed by atoms with van der Waals surface area (Å²) in [6, 6.07) is -0.776. The van der Waals surface area contributed by atoms with Crippen LogP contribution in [-0.2, 0) is 4.79 Å². The third-order valence-electron chi connectivity index (χ3n) is 3.86. The maximum atomic E-state index is 11.3. The van der Waals surface area contributed by atoms with Crippen LogP contribution in [0, 0.1) is 0 Å². The van der Waals surface area contributed by atoms with Crippen LogP contribution in [0.15, 0.2) is 0 Å². The van der Waals surface area contributed by atoms with Crippen LogP contribution in [0.4, 0.5) is 0 Å². The van der Waals surface area contributed by atoms with Gasteiger partial charge in [0.05, 0.1) is 6.61 Å². The molecule has 126 valence electrons. The van der Waals surface area contributed by atoms with E-state index in [0.29, 0.717) is 6.54 Å². The molecule has 4 N–H and O–H groups in total. The number of rotatable bonds is 15. The summed E-state index contributed by atoms with van der Waals surface area (Å²) in [5.74, 6) is -0.249. The van der Waals surface area contributed by atoms with Gasteiger partial charge in [-0.15, -0.1) is 0 Å². The van der Waals surface area contributed by atoms with E-state index in [0.717, 1.165) is 12.8 Å². The van der Waals surface area contributed by atoms with Gasteiger partial charge in [0.25, 0.3) is 0 Å². The number of aliphatic hydroxyl groups excluding tert-OH is 1. The predicted molar refractivity (Wildman–Crippen MR) is 89.1 cm³/mol. The van der Waals surface area contributed by atoms with E-state index in [9.17, 15) is 4.79 Å². The second-order valence-corrected chi connectivity index (χ2v) is 5.97. The average Bonchev–Trinajstić information content (AvgIpc) is 2.50. The van der Waals surface area contributed by atoms with E-state index in [2.05, 4.69) is 12.2 Å². The Morgan fingerprint density at radius 3 is 1.76 bits per heavy atom. The standard InChI is InChI=1S/C17H36N2O2/c1-2-3-4-5-6-7-8-9-10-11-12-13-14-19-17(21)16(18)15-20/h16,20H,2-15,18H2,1H3,(H,19,21)/t16-/m1/s1. The summed E-state index contributed by atoms with van der Waals surface area (Å²) >= 11 is 0. The molecule has 0 radical (unpaired) electrons. The third kappa shape index (κ3) is 14.1. The molecule has 0 aliphatic heterocycles. The second kappa shape index (κ2) is 15.8. The number of hydrogen-bond donors (Lipinski definition) is 3. The number of aliphatic hydroxyl groups is 1. The molecule has 0 spiro atoms. The number of amides is 1. The van der Waals surface area contributed by atoms with Crippen LogP contribution in [0.1, 0.15) is 84.0 Å². The monoisotopic (exact) mass is 300 g/mol. The molecule has 1 atom stereocenters. The predicted octanol–water partition coefficient (Wildman–Crippen LogP) is 3.12. The summed E-state index contributed by atoms with van der Waals surface area (Å²) in [6.45, 7) is 2.64. The van der Waals surface area contributed by atoms with Crippen LogP contribution >= 0.6 is 0 Å². The van der Waals surface area contributed by atoms with Gasteiger partial charge in [0.2, 0.25) is 5.91 Å². The van der Waals surface area contributed by atoms with Crippen LogP contribution in [0.5, 0.6) is 0 Å². The molecule has 0 bridgehead atoms. The first-order chi connectivity index (χ1) is 10.2. The van der Waals surface area contributed by atoms with Crippen molar-refractivity contribution >= 4 is 5.91 Å². The normalized spacial score (nSPS) is 12.3. The number of hydrogen-bond acceptors (Lipinski definition) is 3. The van der Waals surface area contributed by atoms with E-state index in [1.807, 2.05) is 0 Å². The average molecular weight is 300 g/mol. The Kier molecular flexibility index (Phi) is 15.3. The molecule has 4 nitrogen and oxygen atoms in total. The highest BCUT2D eigenvalue weighted by Gasteiger charge is 2.09. The topological polar surface area (TPSA) is 75.4 Å². The van der Waals surface area contributed by atoms with E-state index in [-0.39, 0.29) is 12.5 Å². The van der Waals surface area contributed by atoms with Gasteiger partial charge < -0.3 is 16.2 Å². The van der Waals surface area contributed by atoms with Crippen molar-refractivity contribution in [2.75, 3.05) is 13.2 Å². The van der Waals surface area contributed by atoms with Gasteiger partial charge in [-0.2, -0.15) is 0 Å². The van der Waals surface area contributed by atoms with E-state index in [4.69, 9.17) is 10.8 Å². The smallest absolute Gasteiger partial charge is 0.239 e. The van der Waals surface area contributed by atoms with Gasteiger partial charge in [0.15, 0.2) is 0 Å². The van der Waals surface area contributed by atoms with Crippen LogP contribution in [0.3, 0.4) is 0 Å². The number of unbranched alkanes of at least 4 members (excludes halogenated alkanes) is 11. The molecule has 1 amide bonds. The van der Waals surface area contributed by atoms with Crippen molar-refractivity contribution in [3.63, 3.8) is 0 Å². The Hall–Kier alpha value is -0.610. The zero-order chi connectivity index (χ0) is 15.8. The first-order valence-corrected chi connectivity index (χ1v) is 8.86. The van der Waals surface area contributed by atoms with Gasteiger partial charge in [-0.25, -0.2) is 0 Å². The molecular weight excluding hydrogens is 264 g/mol. The Labute approximate surface area is 130 Å². The first-order valence-electron chi connectivity index (χ1n) is 8.86. The molecular formula is C17H36N2O2. The molecule has 0 saturated heterocycles. The highest BCUT2D eigenvalue weighted by molar-refractivity contribution is 5.81. The molecule has 0 fully saturated rings. The van der Waals surface area contributed by atoms with E-state index < -0.39 is 6.04 Å². The molecule has 0 rings (SSSR count). The lowest BCUT2D eigenvalue weighted by Crippen LogP contribution is -2.43. The van der Waals surface area contributed by atoms with Gasteiger partial charge in [-0.3, -0.25) is 4.79 Å². The molecule has 21 heavy (non-hydrogen) atoms. The summed E-state index contributed by atoms with van der Waals surface area (Å²) in [4.78, 5) is 11.3. The van der Waals surface area contributed by atoms with Gasteiger partial charge in [-0.05, 0) is 6.42 Å². The van der Waals surface area contributed by atoms with Crippen LogP contribution in [0.25, 0.3) is 0 Å². The van der Waals surface area contributed by atoms with Gasteiger partial charge in [0.1, 0.15) is 6.04 Å². The summed E-state index contributed by atoms with van der Waals surface area (Å²) in [6.07, 6.45) is 15.7. The summed E-state index contributed by atoms with van der Waals surface area (Å²) < 4.78 is 0. The lowest BCUT2D eigenvalue weighted by Gasteiger charge is -2.09. The summed E-state index contributed by atoms with van der Waals surface area (Å²) in [5.41, 5.74) is 5.40. The minimum atomic E-state index is -0.776. The van der Waals surface area contributed by atoms with Crippen LogP contribution in [0.2, 0.25) is 0 Å². The Morgan fingerprint density at radius 2 is 1.33 bits per heavy atom. The molecule has 0 aromatic heterocycles. The maximum absolute atomic E-state index is 11.3. The molecule has 0 unspecified atom stereocenters. The van der Waals surface area contributed by atoms with E-state index >= 15 is 0 Å². The van der Waals surface area contributed by atoms with Crippen LogP contribution in [-0.4, -0.2) is 30.2 Å². The molecule has 4 heteroatoms. The fraction of sp³-hybridized carbons (Fsp3) is 0.941. The number of carbonyl (C=O) groups is 1. The molecule has 0 aromatic carbocycles. The van der Waals surface area contributed by atoms with Crippen molar-refractivity contribution in [3.05, 3.63) is 0 Å². The lowest BCUT2D eigenvalue weighted by molar-refractivity contribution is -0.123. The van der Waals surface area contributed by atoms with Gasteiger partial charge in [-0.1, -0.05) is 77.6 Å². The molecule has 0 aliphatic carbocycles. The van der Waals surface area contributed by atoms with Gasteiger partial charge in [0, 0.05) is 6.54 Å². The molecule has 0 saturated carbocycles. The fourth-order valence-electron chi connectivity index (χ4n) is 2.39. The fourth-order valence-corrected chi connectivity index (χ4v) is 2.39. The van der Waals surface area contributed by atoms with E-state index in [1.165, 1.54) is 64.2 Å². The van der Waals surface area contributed by atoms with Crippen molar-refractivity contribution in [2.24, 2.45) is 5.73 Å². The Morgan fingerprint density at radius 1 is 0.905 bits per heavy atom. The number of nitrogens with one attached hydrogen (secondary N) is 1. The number of nitrogens with two attached hydrogens (primary N) is 1. The van der Waals surface area contributed by atoms with Crippen LogP contribution < -0.4 is 11.1 Å². The van der Waals surface area contributed by atoms with Crippen molar-refractivity contribution in [1.82, 2.24) is 5.32 Å². The van der Waals surface area contributed by atoms with Crippen molar-refractivity contribution in [2.45, 2.75) is 90.0 Å². The van der Waals surface area contributed by atoms with E-state index in [1.54, 1.807) is 0 Å². The lowest BCUT2D eigenvalue weighted by atomic mass is 10.1. The summed E-state index contributed by atoms with van der Waals surface area (Å²) in [5, 5.41) is 11.5. The number of carbonyl (C=O) groups excluding carboxylic acids is 1. The van der Waals surface area contributed by atoms with Crippen molar-refractivity contribution < 1.29 is 9.90 Å². The highest BCUT2D eigenvalue weighted by atomic mass is 16.3. The third-order valence-corrected chi connectivity index (χ3v) is 3.86. The highest BCUT2D eigenvalue weighted by Crippen LogP contribution is 2.11. The first kappa shape index (κ1) is 20.4. The van der Waals surface area contributed by atoms with Gasteiger partial charge >= 0.3 is 0 Å². The minimum Gasteiger partial charge on any atom is -0.394 e. The second-order valence-electron chi connectivity index (χ2n) is 5.97. The largest absolute Gasteiger partial charge is 0.394 e. The molecule has 0 aromatic rings. The molecule has 0 heterocycles. The maximum Gasteiger partial charge on any atom is 0.239 e. The van der Waals surface area contributed by atoms with Crippen molar-refractivity contribution in [1.29, 1.82) is 0 Å². The SMILES string of the molecule is CCCCCCCCCCCCCCNC(=O)[C@H](N)CO. The quantitative estimate of drug-likeness (QED) is 0.407. The van der Waals surface area contributed by atoms with Crippen molar-refractivity contribution in [3.8, 4) is 0 Å².